The SMILES string of the molecule is CCNC(=NCc1ccc(OC)c(OC)c1OC)NCc1ncnn1C.I. The van der Waals surface area contributed by atoms with Gasteiger partial charge in [0.05, 0.1) is 34.4 Å². The second kappa shape index (κ2) is 11.5. The number of aryl methyl sites for hydroxylation is 1. The van der Waals surface area contributed by atoms with Crippen molar-refractivity contribution in [2.24, 2.45) is 12.0 Å². The molecule has 0 aliphatic heterocycles. The molecular weight excluding hydrogens is 463 g/mol. The Hall–Kier alpha value is -2.24. The van der Waals surface area contributed by atoms with Gasteiger partial charge in [-0.2, -0.15) is 5.10 Å². The van der Waals surface area contributed by atoms with Crippen LogP contribution in [0.4, 0.5) is 0 Å². The van der Waals surface area contributed by atoms with Crippen LogP contribution in [-0.2, 0) is 20.1 Å². The number of rotatable bonds is 8. The summed E-state index contributed by atoms with van der Waals surface area (Å²) in [4.78, 5) is 8.80. The summed E-state index contributed by atoms with van der Waals surface area (Å²) < 4.78 is 17.9. The Balaban J connectivity index is 0.00000364. The summed E-state index contributed by atoms with van der Waals surface area (Å²) in [5, 5.41) is 10.5. The fraction of sp³-hybridized carbons (Fsp3) is 0.471. The van der Waals surface area contributed by atoms with Gasteiger partial charge in [0.2, 0.25) is 5.75 Å². The number of hydrogen-bond donors (Lipinski definition) is 2. The third-order valence-electron chi connectivity index (χ3n) is 3.76. The van der Waals surface area contributed by atoms with E-state index in [2.05, 4.69) is 25.7 Å². The Morgan fingerprint density at radius 3 is 2.41 bits per heavy atom. The Labute approximate surface area is 176 Å². The molecule has 1 aromatic heterocycles. The molecule has 2 N–H and O–H groups in total. The van der Waals surface area contributed by atoms with Crippen LogP contribution in [0.5, 0.6) is 17.2 Å². The average Bonchev–Trinajstić information content (AvgIpc) is 3.07. The lowest BCUT2D eigenvalue weighted by atomic mass is 10.1. The molecule has 9 nitrogen and oxygen atoms in total. The zero-order valence-corrected chi connectivity index (χ0v) is 18.6. The number of halogens is 1. The molecule has 0 radical (unpaired) electrons. The molecule has 150 valence electrons. The van der Waals surface area contributed by atoms with Crippen LogP contribution in [0.15, 0.2) is 23.5 Å². The second-order valence-corrected chi connectivity index (χ2v) is 5.34. The van der Waals surface area contributed by atoms with E-state index >= 15 is 0 Å². The number of methoxy groups -OCH3 is 3. The number of nitrogens with zero attached hydrogens (tertiary/aromatic N) is 4. The van der Waals surface area contributed by atoms with E-state index in [1.165, 1.54) is 6.33 Å². The number of aliphatic imine (C=N–C) groups is 1. The summed E-state index contributed by atoms with van der Waals surface area (Å²) >= 11 is 0. The van der Waals surface area contributed by atoms with Crippen LogP contribution in [0.25, 0.3) is 0 Å². The lowest BCUT2D eigenvalue weighted by molar-refractivity contribution is 0.322. The van der Waals surface area contributed by atoms with Gasteiger partial charge in [-0.3, -0.25) is 4.68 Å². The summed E-state index contributed by atoms with van der Waals surface area (Å²) in [5.41, 5.74) is 0.890. The van der Waals surface area contributed by atoms with E-state index in [4.69, 9.17) is 14.2 Å². The zero-order chi connectivity index (χ0) is 18.9. The Morgan fingerprint density at radius 2 is 1.85 bits per heavy atom. The number of ether oxygens (including phenoxy) is 3. The molecule has 0 atom stereocenters. The maximum Gasteiger partial charge on any atom is 0.203 e. The molecule has 0 spiro atoms. The first-order valence-corrected chi connectivity index (χ1v) is 8.27. The van der Waals surface area contributed by atoms with Crippen molar-refractivity contribution in [3.8, 4) is 17.2 Å². The molecule has 10 heteroatoms. The number of aromatic nitrogens is 3. The van der Waals surface area contributed by atoms with Crippen LogP contribution < -0.4 is 24.8 Å². The van der Waals surface area contributed by atoms with Gasteiger partial charge in [-0.1, -0.05) is 0 Å². The lowest BCUT2D eigenvalue weighted by Gasteiger charge is -2.15. The number of benzene rings is 1. The van der Waals surface area contributed by atoms with Crippen LogP contribution >= 0.6 is 24.0 Å². The van der Waals surface area contributed by atoms with E-state index in [1.807, 2.05) is 26.1 Å². The van der Waals surface area contributed by atoms with E-state index in [1.54, 1.807) is 26.0 Å². The van der Waals surface area contributed by atoms with Crippen LogP contribution in [0.1, 0.15) is 18.3 Å². The summed E-state index contributed by atoms with van der Waals surface area (Å²) in [5.74, 6) is 3.27. The first kappa shape index (κ1) is 22.8. The topological polar surface area (TPSA) is 94.8 Å². The summed E-state index contributed by atoms with van der Waals surface area (Å²) in [7, 11) is 6.62. The molecule has 2 rings (SSSR count). The molecule has 1 heterocycles. The van der Waals surface area contributed by atoms with Crippen molar-refractivity contribution in [1.29, 1.82) is 0 Å². The first-order valence-electron chi connectivity index (χ1n) is 8.27. The normalized spacial score (nSPS) is 10.8. The Kier molecular flexibility index (Phi) is 9.68. The molecule has 0 aliphatic carbocycles. The highest BCUT2D eigenvalue weighted by molar-refractivity contribution is 14.0. The van der Waals surface area contributed by atoms with E-state index < -0.39 is 0 Å². The Bertz CT molecular complexity index is 750. The van der Waals surface area contributed by atoms with Crippen molar-refractivity contribution in [3.63, 3.8) is 0 Å². The molecule has 0 aliphatic rings. The molecule has 0 amide bonds. The van der Waals surface area contributed by atoms with Crippen molar-refractivity contribution in [1.82, 2.24) is 25.4 Å². The number of guanidine groups is 1. The summed E-state index contributed by atoms with van der Waals surface area (Å²) in [6, 6.07) is 3.75. The molecule has 2 aromatic rings. The molecule has 27 heavy (non-hydrogen) atoms. The van der Waals surface area contributed by atoms with Crippen LogP contribution in [-0.4, -0.2) is 48.6 Å². The average molecular weight is 490 g/mol. The van der Waals surface area contributed by atoms with Crippen LogP contribution in [0.3, 0.4) is 0 Å². The standard InChI is InChI=1S/C17H26N6O3.HI/c1-6-18-17(20-10-14-21-11-22-23(14)2)19-9-12-7-8-13(24-3)16(26-5)15(12)25-4;/h7-8,11H,6,9-10H2,1-5H3,(H2,18,19,20);1H. The number of hydrogen-bond acceptors (Lipinski definition) is 6. The Morgan fingerprint density at radius 1 is 1.11 bits per heavy atom. The smallest absolute Gasteiger partial charge is 0.203 e. The van der Waals surface area contributed by atoms with E-state index in [0.717, 1.165) is 17.9 Å². The quantitative estimate of drug-likeness (QED) is 0.331. The van der Waals surface area contributed by atoms with Gasteiger partial charge in [0.25, 0.3) is 0 Å². The van der Waals surface area contributed by atoms with Crippen molar-refractivity contribution in [2.75, 3.05) is 27.9 Å². The van der Waals surface area contributed by atoms with Gasteiger partial charge in [-0.15, -0.1) is 24.0 Å². The van der Waals surface area contributed by atoms with Crippen molar-refractivity contribution in [2.45, 2.75) is 20.0 Å². The molecule has 0 unspecified atom stereocenters. The van der Waals surface area contributed by atoms with Gasteiger partial charge in [0, 0.05) is 19.2 Å². The predicted molar refractivity (Wildman–Crippen MR) is 114 cm³/mol. The fourth-order valence-corrected chi connectivity index (χ4v) is 2.44. The lowest BCUT2D eigenvalue weighted by Crippen LogP contribution is -2.37. The minimum Gasteiger partial charge on any atom is -0.493 e. The third-order valence-corrected chi connectivity index (χ3v) is 3.76. The minimum atomic E-state index is 0. The van der Waals surface area contributed by atoms with Gasteiger partial charge in [-0.25, -0.2) is 9.98 Å². The maximum absolute atomic E-state index is 5.50. The monoisotopic (exact) mass is 490 g/mol. The molecule has 0 saturated carbocycles. The van der Waals surface area contributed by atoms with Gasteiger partial charge in [-0.05, 0) is 19.1 Å². The van der Waals surface area contributed by atoms with E-state index in [9.17, 15) is 0 Å². The van der Waals surface area contributed by atoms with Gasteiger partial charge in [0.15, 0.2) is 17.5 Å². The largest absolute Gasteiger partial charge is 0.493 e. The number of nitrogens with one attached hydrogen (secondary N) is 2. The van der Waals surface area contributed by atoms with Crippen molar-refractivity contribution in [3.05, 3.63) is 29.8 Å². The van der Waals surface area contributed by atoms with Crippen LogP contribution in [0, 0.1) is 0 Å². The van der Waals surface area contributed by atoms with Gasteiger partial charge >= 0.3 is 0 Å². The van der Waals surface area contributed by atoms with E-state index in [-0.39, 0.29) is 24.0 Å². The molecule has 0 bridgehead atoms. The third kappa shape index (κ3) is 5.88. The summed E-state index contributed by atoms with van der Waals surface area (Å²) in [6.45, 7) is 3.69. The highest BCUT2D eigenvalue weighted by Gasteiger charge is 2.15. The van der Waals surface area contributed by atoms with Crippen molar-refractivity contribution < 1.29 is 14.2 Å². The highest BCUT2D eigenvalue weighted by atomic mass is 127. The highest BCUT2D eigenvalue weighted by Crippen LogP contribution is 2.39. The maximum atomic E-state index is 5.50. The predicted octanol–water partition coefficient (Wildman–Crippen LogP) is 1.71. The minimum absolute atomic E-state index is 0. The van der Waals surface area contributed by atoms with Gasteiger partial charge < -0.3 is 24.8 Å². The second-order valence-electron chi connectivity index (χ2n) is 5.34. The fourth-order valence-electron chi connectivity index (χ4n) is 2.44. The molecule has 0 fully saturated rings. The van der Waals surface area contributed by atoms with E-state index in [0.29, 0.717) is 36.3 Å². The molecule has 0 saturated heterocycles. The summed E-state index contributed by atoms with van der Waals surface area (Å²) in [6.07, 6.45) is 1.52. The van der Waals surface area contributed by atoms with Gasteiger partial charge in [0.1, 0.15) is 12.2 Å². The molecular formula is C17H27IN6O3. The first-order chi connectivity index (χ1) is 12.6. The van der Waals surface area contributed by atoms with Crippen LogP contribution in [0.2, 0.25) is 0 Å². The zero-order valence-electron chi connectivity index (χ0n) is 16.3. The molecule has 1 aromatic carbocycles. The van der Waals surface area contributed by atoms with Crippen molar-refractivity contribution >= 4 is 29.9 Å².